The number of hydrogen-bond acceptors (Lipinski definition) is 4. The summed E-state index contributed by atoms with van der Waals surface area (Å²) in [5.41, 5.74) is 1.72. The number of carbonyl (C=O) groups excluding carboxylic acids is 1. The van der Waals surface area contributed by atoms with Gasteiger partial charge < -0.3 is 19.3 Å². The van der Waals surface area contributed by atoms with Crippen molar-refractivity contribution in [2.75, 3.05) is 39.4 Å². The van der Waals surface area contributed by atoms with Crippen LogP contribution in [0.15, 0.2) is 30.5 Å². The lowest BCUT2D eigenvalue weighted by molar-refractivity contribution is -0.138. The molecule has 138 valence electrons. The van der Waals surface area contributed by atoms with Crippen molar-refractivity contribution in [2.24, 2.45) is 13.0 Å². The number of ether oxygens (including phenoxy) is 1. The summed E-state index contributed by atoms with van der Waals surface area (Å²) in [6, 6.07) is 7.75. The molecule has 0 unspecified atom stereocenters. The molecule has 1 aromatic heterocycles. The highest BCUT2D eigenvalue weighted by atomic mass is 16.5. The number of rotatable bonds is 3. The molecule has 0 radical (unpaired) electrons. The van der Waals surface area contributed by atoms with Gasteiger partial charge in [-0.2, -0.15) is 0 Å². The van der Waals surface area contributed by atoms with Gasteiger partial charge in [-0.3, -0.25) is 14.5 Å². The highest BCUT2D eigenvalue weighted by Gasteiger charge is 2.37. The van der Waals surface area contributed by atoms with Crippen molar-refractivity contribution in [1.82, 2.24) is 14.4 Å². The van der Waals surface area contributed by atoms with Crippen LogP contribution in [0.1, 0.15) is 10.4 Å². The Labute approximate surface area is 151 Å². The van der Waals surface area contributed by atoms with Gasteiger partial charge >= 0.3 is 5.97 Å². The Bertz CT molecular complexity index is 846. The molecule has 2 bridgehead atoms. The number of carboxylic acid groups (broad SMARTS) is 1. The molecule has 2 atom stereocenters. The van der Waals surface area contributed by atoms with Crippen LogP contribution >= 0.6 is 0 Å². The summed E-state index contributed by atoms with van der Waals surface area (Å²) in [6.07, 6.45) is 1.89. The Balaban J connectivity index is 1.66. The van der Waals surface area contributed by atoms with Crippen molar-refractivity contribution >= 4 is 22.8 Å². The number of para-hydroxylation sites is 1. The van der Waals surface area contributed by atoms with Gasteiger partial charge in [0, 0.05) is 49.7 Å². The van der Waals surface area contributed by atoms with Gasteiger partial charge in [0.1, 0.15) is 0 Å². The van der Waals surface area contributed by atoms with E-state index >= 15 is 0 Å². The summed E-state index contributed by atoms with van der Waals surface area (Å²) < 4.78 is 7.72. The first-order valence-electron chi connectivity index (χ1n) is 8.90. The fourth-order valence-corrected chi connectivity index (χ4v) is 4.18. The van der Waals surface area contributed by atoms with E-state index in [0.717, 1.165) is 10.9 Å². The molecule has 1 N–H and O–H groups in total. The van der Waals surface area contributed by atoms with E-state index in [1.165, 1.54) is 0 Å². The van der Waals surface area contributed by atoms with E-state index in [1.54, 1.807) is 0 Å². The number of aryl methyl sites for hydroxylation is 1. The van der Waals surface area contributed by atoms with Crippen LogP contribution in [0, 0.1) is 5.92 Å². The minimum atomic E-state index is -0.835. The van der Waals surface area contributed by atoms with Gasteiger partial charge in [-0.1, -0.05) is 18.2 Å². The Hall–Kier alpha value is -2.38. The van der Waals surface area contributed by atoms with Gasteiger partial charge in [-0.25, -0.2) is 0 Å². The number of nitrogens with zero attached hydrogens (tertiary/aromatic N) is 3. The molecule has 1 amide bonds. The molecule has 3 heterocycles. The van der Waals surface area contributed by atoms with Crippen molar-refractivity contribution in [1.29, 1.82) is 0 Å². The second kappa shape index (κ2) is 6.74. The molecule has 2 saturated heterocycles. The maximum atomic E-state index is 13.4. The number of fused-ring (bicyclic) bond motifs is 4. The predicted molar refractivity (Wildman–Crippen MR) is 96.1 cm³/mol. The standard InChI is InChI=1S/C19H23N3O4/c1-20-9-16(15-4-2-3-5-17(15)20)19(25)22-7-13-6-21(10-18(23)24)8-14(22)12-26-11-13/h2-5,9,13-14H,6-8,10-12H2,1H3,(H,23,24)/t13-,14-/m0/s1. The molecule has 26 heavy (non-hydrogen) atoms. The molecule has 1 aromatic carbocycles. The van der Waals surface area contributed by atoms with Crippen LogP contribution in [0.5, 0.6) is 0 Å². The number of benzene rings is 1. The second-order valence-electron chi connectivity index (χ2n) is 7.27. The Morgan fingerprint density at radius 2 is 2.00 bits per heavy atom. The van der Waals surface area contributed by atoms with Crippen molar-refractivity contribution < 1.29 is 19.4 Å². The summed E-state index contributed by atoms with van der Waals surface area (Å²) in [4.78, 5) is 28.3. The summed E-state index contributed by atoms with van der Waals surface area (Å²) >= 11 is 0. The molecule has 2 fully saturated rings. The monoisotopic (exact) mass is 357 g/mol. The quantitative estimate of drug-likeness (QED) is 0.888. The predicted octanol–water partition coefficient (Wildman–Crippen LogP) is 1.04. The normalized spacial score (nSPS) is 23.8. The van der Waals surface area contributed by atoms with Gasteiger partial charge in [0.05, 0.1) is 31.4 Å². The molecule has 2 aliphatic rings. The lowest BCUT2D eigenvalue weighted by Gasteiger charge is -2.30. The van der Waals surface area contributed by atoms with E-state index in [9.17, 15) is 9.59 Å². The van der Waals surface area contributed by atoms with Crippen LogP contribution in [-0.4, -0.2) is 76.8 Å². The number of amides is 1. The van der Waals surface area contributed by atoms with E-state index < -0.39 is 5.97 Å². The SMILES string of the molecule is Cn1cc(C(=O)N2C[C@H]3COC[C@@H]2CN(CC(=O)O)C3)c2ccccc21. The maximum absolute atomic E-state index is 13.4. The minimum Gasteiger partial charge on any atom is -0.480 e. The van der Waals surface area contributed by atoms with Gasteiger partial charge in [-0.05, 0) is 6.07 Å². The molecule has 0 spiro atoms. The fourth-order valence-electron chi connectivity index (χ4n) is 4.18. The minimum absolute atomic E-state index is 0.000486. The number of aromatic nitrogens is 1. The van der Waals surface area contributed by atoms with Crippen LogP contribution in [-0.2, 0) is 16.6 Å². The van der Waals surface area contributed by atoms with E-state index in [1.807, 2.05) is 51.9 Å². The first-order chi connectivity index (χ1) is 12.5. The highest BCUT2D eigenvalue weighted by molar-refractivity contribution is 6.07. The van der Waals surface area contributed by atoms with Crippen LogP contribution < -0.4 is 0 Å². The molecule has 0 saturated carbocycles. The molecule has 2 aliphatic heterocycles. The fraction of sp³-hybridized carbons (Fsp3) is 0.474. The number of aliphatic carboxylic acids is 1. The zero-order chi connectivity index (χ0) is 18.3. The summed E-state index contributed by atoms with van der Waals surface area (Å²) in [5.74, 6) is -0.710. The first kappa shape index (κ1) is 17.1. The highest BCUT2D eigenvalue weighted by Crippen LogP contribution is 2.26. The van der Waals surface area contributed by atoms with E-state index in [-0.39, 0.29) is 24.4 Å². The molecular weight excluding hydrogens is 334 g/mol. The largest absolute Gasteiger partial charge is 0.480 e. The number of hydrogen-bond donors (Lipinski definition) is 1. The first-order valence-corrected chi connectivity index (χ1v) is 8.90. The van der Waals surface area contributed by atoms with Crippen molar-refractivity contribution in [3.8, 4) is 0 Å². The molecular formula is C19H23N3O4. The van der Waals surface area contributed by atoms with E-state index in [2.05, 4.69) is 0 Å². The zero-order valence-electron chi connectivity index (χ0n) is 14.8. The topological polar surface area (TPSA) is 75.0 Å². The van der Waals surface area contributed by atoms with Gasteiger partial charge in [0.2, 0.25) is 0 Å². The molecule has 0 aliphatic carbocycles. The lowest BCUT2D eigenvalue weighted by Crippen LogP contribution is -2.47. The third-order valence-corrected chi connectivity index (χ3v) is 5.29. The van der Waals surface area contributed by atoms with E-state index in [0.29, 0.717) is 38.4 Å². The Kier molecular flexibility index (Phi) is 4.42. The van der Waals surface area contributed by atoms with E-state index in [4.69, 9.17) is 9.84 Å². The molecule has 7 heteroatoms. The smallest absolute Gasteiger partial charge is 0.317 e. The van der Waals surface area contributed by atoms with Crippen LogP contribution in [0.2, 0.25) is 0 Å². The maximum Gasteiger partial charge on any atom is 0.317 e. The average molecular weight is 357 g/mol. The molecule has 7 nitrogen and oxygen atoms in total. The van der Waals surface area contributed by atoms with Gasteiger partial charge in [0.15, 0.2) is 0 Å². The third kappa shape index (κ3) is 3.08. The summed E-state index contributed by atoms with van der Waals surface area (Å²) in [6.45, 7) is 2.78. The van der Waals surface area contributed by atoms with Gasteiger partial charge in [0.25, 0.3) is 5.91 Å². The third-order valence-electron chi connectivity index (χ3n) is 5.29. The van der Waals surface area contributed by atoms with Crippen molar-refractivity contribution in [3.63, 3.8) is 0 Å². The molecule has 2 aromatic rings. The summed E-state index contributed by atoms with van der Waals surface area (Å²) in [5, 5.41) is 10.1. The molecule has 4 rings (SSSR count). The Morgan fingerprint density at radius 1 is 1.19 bits per heavy atom. The van der Waals surface area contributed by atoms with Crippen molar-refractivity contribution in [2.45, 2.75) is 6.04 Å². The number of carbonyl (C=O) groups is 2. The van der Waals surface area contributed by atoms with Crippen molar-refractivity contribution in [3.05, 3.63) is 36.0 Å². The zero-order valence-corrected chi connectivity index (χ0v) is 14.8. The van der Waals surface area contributed by atoms with Crippen LogP contribution in [0.4, 0.5) is 0 Å². The Morgan fingerprint density at radius 3 is 2.81 bits per heavy atom. The van der Waals surface area contributed by atoms with Crippen LogP contribution in [0.3, 0.4) is 0 Å². The summed E-state index contributed by atoms with van der Waals surface area (Å²) in [7, 11) is 1.94. The average Bonchev–Trinajstić information content (AvgIpc) is 2.72. The lowest BCUT2D eigenvalue weighted by atomic mass is 10.1. The van der Waals surface area contributed by atoms with Crippen LogP contribution in [0.25, 0.3) is 10.9 Å². The number of carboxylic acids is 1. The van der Waals surface area contributed by atoms with Gasteiger partial charge in [-0.15, -0.1) is 0 Å². The second-order valence-corrected chi connectivity index (χ2v) is 7.27.